The molecule has 0 amide bonds. The summed E-state index contributed by atoms with van der Waals surface area (Å²) in [4.78, 5) is 0. The highest BCUT2D eigenvalue weighted by Gasteiger charge is 2.29. The van der Waals surface area contributed by atoms with Gasteiger partial charge in [0, 0.05) is 6.04 Å². The third-order valence-electron chi connectivity index (χ3n) is 4.40. The van der Waals surface area contributed by atoms with Gasteiger partial charge in [0.2, 0.25) is 0 Å². The molecule has 0 radical (unpaired) electrons. The van der Waals surface area contributed by atoms with Crippen LogP contribution in [-0.2, 0) is 6.42 Å². The fourth-order valence-electron chi connectivity index (χ4n) is 3.22. The van der Waals surface area contributed by atoms with Crippen LogP contribution in [0.2, 0.25) is 0 Å². The first-order valence-corrected chi connectivity index (χ1v) is 7.04. The molecule has 17 heavy (non-hydrogen) atoms. The van der Waals surface area contributed by atoms with Crippen LogP contribution in [0.15, 0.2) is 30.3 Å². The van der Waals surface area contributed by atoms with E-state index >= 15 is 0 Å². The Bertz CT molecular complexity index is 320. The van der Waals surface area contributed by atoms with Crippen molar-refractivity contribution in [2.24, 2.45) is 11.8 Å². The molecule has 1 N–H and O–H groups in total. The van der Waals surface area contributed by atoms with E-state index in [1.807, 2.05) is 0 Å². The predicted molar refractivity (Wildman–Crippen MR) is 74.1 cm³/mol. The van der Waals surface area contributed by atoms with E-state index in [0.29, 0.717) is 6.04 Å². The van der Waals surface area contributed by atoms with Gasteiger partial charge in [0.05, 0.1) is 0 Å². The minimum absolute atomic E-state index is 0.661. The Hall–Kier alpha value is -0.820. The SMILES string of the molecule is CCC1CCC(C(Cc2ccccc2)NC)C1. The normalized spacial score (nSPS) is 26.0. The van der Waals surface area contributed by atoms with Gasteiger partial charge in [-0.1, -0.05) is 50.1 Å². The van der Waals surface area contributed by atoms with Crippen LogP contribution in [0.4, 0.5) is 0 Å². The van der Waals surface area contributed by atoms with Crippen LogP contribution in [0, 0.1) is 11.8 Å². The molecular formula is C16H25N. The van der Waals surface area contributed by atoms with E-state index < -0.39 is 0 Å². The third-order valence-corrected chi connectivity index (χ3v) is 4.40. The Balaban J connectivity index is 1.93. The largest absolute Gasteiger partial charge is 0.316 e. The van der Waals surface area contributed by atoms with Crippen LogP contribution in [0.5, 0.6) is 0 Å². The number of rotatable bonds is 5. The second-order valence-corrected chi connectivity index (χ2v) is 5.43. The molecule has 0 saturated heterocycles. The van der Waals surface area contributed by atoms with Crippen LogP contribution in [0.1, 0.15) is 38.2 Å². The number of hydrogen-bond donors (Lipinski definition) is 1. The maximum Gasteiger partial charge on any atom is 0.0133 e. The summed E-state index contributed by atoms with van der Waals surface area (Å²) in [6.07, 6.45) is 6.82. The zero-order chi connectivity index (χ0) is 12.1. The number of likely N-dealkylation sites (N-methyl/N-ethyl adjacent to an activating group) is 1. The highest BCUT2D eigenvalue weighted by molar-refractivity contribution is 5.16. The zero-order valence-electron chi connectivity index (χ0n) is 11.2. The molecule has 0 spiro atoms. The second-order valence-electron chi connectivity index (χ2n) is 5.43. The molecule has 1 aromatic rings. The molecular weight excluding hydrogens is 206 g/mol. The van der Waals surface area contributed by atoms with Crippen molar-refractivity contribution in [3.05, 3.63) is 35.9 Å². The molecule has 0 bridgehead atoms. The molecule has 1 saturated carbocycles. The monoisotopic (exact) mass is 231 g/mol. The molecule has 94 valence electrons. The molecule has 1 heteroatoms. The van der Waals surface area contributed by atoms with E-state index in [9.17, 15) is 0 Å². The summed E-state index contributed by atoms with van der Waals surface area (Å²) in [5.74, 6) is 1.86. The fraction of sp³-hybridized carbons (Fsp3) is 0.625. The Morgan fingerprint density at radius 3 is 2.59 bits per heavy atom. The highest BCUT2D eigenvalue weighted by atomic mass is 14.9. The van der Waals surface area contributed by atoms with Crippen LogP contribution < -0.4 is 5.32 Å². The van der Waals surface area contributed by atoms with Gasteiger partial charge >= 0.3 is 0 Å². The Morgan fingerprint density at radius 2 is 2.00 bits per heavy atom. The summed E-state index contributed by atoms with van der Waals surface area (Å²) in [5.41, 5.74) is 1.46. The van der Waals surface area contributed by atoms with Gasteiger partial charge in [0.1, 0.15) is 0 Å². The van der Waals surface area contributed by atoms with Gasteiger partial charge in [-0.2, -0.15) is 0 Å². The first-order valence-electron chi connectivity index (χ1n) is 7.04. The average molecular weight is 231 g/mol. The Kier molecular flexibility index (Phi) is 4.61. The maximum absolute atomic E-state index is 3.54. The summed E-state index contributed by atoms with van der Waals surface area (Å²) >= 11 is 0. The average Bonchev–Trinajstić information content (AvgIpc) is 2.86. The molecule has 1 aliphatic carbocycles. The molecule has 1 aromatic carbocycles. The van der Waals surface area contributed by atoms with Crippen LogP contribution in [0.3, 0.4) is 0 Å². The maximum atomic E-state index is 3.54. The van der Waals surface area contributed by atoms with Crippen molar-refractivity contribution in [2.45, 2.75) is 45.1 Å². The van der Waals surface area contributed by atoms with E-state index in [0.717, 1.165) is 11.8 Å². The summed E-state index contributed by atoms with van der Waals surface area (Å²) in [7, 11) is 2.12. The lowest BCUT2D eigenvalue weighted by Crippen LogP contribution is -2.34. The molecule has 1 fully saturated rings. The lowest BCUT2D eigenvalue weighted by atomic mass is 9.91. The molecule has 3 unspecified atom stereocenters. The quantitative estimate of drug-likeness (QED) is 0.815. The molecule has 2 rings (SSSR count). The second kappa shape index (κ2) is 6.20. The smallest absolute Gasteiger partial charge is 0.0133 e. The predicted octanol–water partition coefficient (Wildman–Crippen LogP) is 3.64. The van der Waals surface area contributed by atoms with E-state index in [2.05, 4.69) is 49.6 Å². The van der Waals surface area contributed by atoms with Crippen molar-refractivity contribution >= 4 is 0 Å². The lowest BCUT2D eigenvalue weighted by molar-refractivity contribution is 0.361. The minimum atomic E-state index is 0.661. The lowest BCUT2D eigenvalue weighted by Gasteiger charge is -2.23. The Labute approximate surface area is 106 Å². The van der Waals surface area contributed by atoms with Gasteiger partial charge in [-0.25, -0.2) is 0 Å². The minimum Gasteiger partial charge on any atom is -0.316 e. The van der Waals surface area contributed by atoms with Gasteiger partial charge in [-0.15, -0.1) is 0 Å². The van der Waals surface area contributed by atoms with Gasteiger partial charge in [0.15, 0.2) is 0 Å². The van der Waals surface area contributed by atoms with Crippen molar-refractivity contribution < 1.29 is 0 Å². The standard InChI is InChI=1S/C16H25N/c1-3-13-9-10-15(11-13)16(17-2)12-14-7-5-4-6-8-14/h4-8,13,15-17H,3,9-12H2,1-2H3. The summed E-state index contributed by atoms with van der Waals surface area (Å²) in [6.45, 7) is 2.33. The van der Waals surface area contributed by atoms with Crippen molar-refractivity contribution in [1.82, 2.24) is 5.32 Å². The number of benzene rings is 1. The van der Waals surface area contributed by atoms with Crippen molar-refractivity contribution in [2.75, 3.05) is 7.05 Å². The highest BCUT2D eigenvalue weighted by Crippen LogP contribution is 2.35. The molecule has 0 heterocycles. The fourth-order valence-corrected chi connectivity index (χ4v) is 3.22. The van der Waals surface area contributed by atoms with E-state index in [1.165, 1.54) is 37.7 Å². The third kappa shape index (κ3) is 3.32. The van der Waals surface area contributed by atoms with E-state index in [1.54, 1.807) is 0 Å². The van der Waals surface area contributed by atoms with Crippen molar-refractivity contribution in [1.29, 1.82) is 0 Å². The van der Waals surface area contributed by atoms with Gasteiger partial charge in [-0.05, 0) is 43.7 Å². The molecule has 1 aliphatic rings. The van der Waals surface area contributed by atoms with Crippen molar-refractivity contribution in [3.63, 3.8) is 0 Å². The molecule has 0 aromatic heterocycles. The first kappa shape index (κ1) is 12.6. The van der Waals surface area contributed by atoms with Crippen LogP contribution in [-0.4, -0.2) is 13.1 Å². The zero-order valence-corrected chi connectivity index (χ0v) is 11.2. The van der Waals surface area contributed by atoms with Gasteiger partial charge in [0.25, 0.3) is 0 Å². The van der Waals surface area contributed by atoms with Gasteiger partial charge in [-0.3, -0.25) is 0 Å². The van der Waals surface area contributed by atoms with E-state index in [4.69, 9.17) is 0 Å². The van der Waals surface area contributed by atoms with Crippen LogP contribution in [0.25, 0.3) is 0 Å². The molecule has 3 atom stereocenters. The summed E-state index contributed by atoms with van der Waals surface area (Å²) in [6, 6.07) is 11.5. The summed E-state index contributed by atoms with van der Waals surface area (Å²) < 4.78 is 0. The van der Waals surface area contributed by atoms with Gasteiger partial charge < -0.3 is 5.32 Å². The summed E-state index contributed by atoms with van der Waals surface area (Å²) in [5, 5.41) is 3.54. The van der Waals surface area contributed by atoms with Crippen molar-refractivity contribution in [3.8, 4) is 0 Å². The topological polar surface area (TPSA) is 12.0 Å². The first-order chi connectivity index (χ1) is 8.33. The number of nitrogens with one attached hydrogen (secondary N) is 1. The molecule has 1 nitrogen and oxygen atoms in total. The van der Waals surface area contributed by atoms with Crippen LogP contribution >= 0.6 is 0 Å². The number of hydrogen-bond acceptors (Lipinski definition) is 1. The molecule has 0 aliphatic heterocycles. The van der Waals surface area contributed by atoms with E-state index in [-0.39, 0.29) is 0 Å². The Morgan fingerprint density at radius 1 is 1.24 bits per heavy atom.